The molecule has 5 fully saturated rings. The Balaban J connectivity index is 0.000000179. The number of carbonyl (C=O) groups excluding carboxylic acids is 6. The highest BCUT2D eigenvalue weighted by Gasteiger charge is 2.59. The lowest BCUT2D eigenvalue weighted by atomic mass is 9.80. The fourth-order valence-electron chi connectivity index (χ4n) is 18.3. The number of amides is 2. The number of hydrogen-bond donors (Lipinski definition) is 1. The van der Waals surface area contributed by atoms with Crippen LogP contribution in [0.2, 0.25) is 0 Å². The molecule has 3 saturated carbocycles. The van der Waals surface area contributed by atoms with E-state index in [0.29, 0.717) is 77.1 Å². The minimum absolute atomic E-state index is 0.0264. The molecule has 38 heteroatoms. The highest BCUT2D eigenvalue weighted by atomic mass is 19.4. The minimum atomic E-state index is -5.07. The molecule has 3 aliphatic carbocycles. The van der Waals surface area contributed by atoms with Gasteiger partial charge in [0.05, 0.1) is 75.9 Å². The molecule has 15 rings (SSSR count). The fraction of sp³-hybridized carbons (Fsp3) is 0.362. The van der Waals surface area contributed by atoms with E-state index >= 15 is 0 Å². The van der Waals surface area contributed by atoms with Crippen molar-refractivity contribution >= 4 is 41.7 Å². The van der Waals surface area contributed by atoms with E-state index in [1.807, 2.05) is 60.7 Å². The Morgan fingerprint density at radius 3 is 0.993 bits per heavy atom. The second kappa shape index (κ2) is 45.2. The van der Waals surface area contributed by atoms with Crippen LogP contribution >= 0.6 is 0 Å². The molecule has 10 aromatic rings. The Bertz CT molecular complexity index is 5960. The number of halogens is 21. The summed E-state index contributed by atoms with van der Waals surface area (Å²) in [5, 5.41) is 9.54. The van der Waals surface area contributed by atoms with Crippen LogP contribution in [-0.2, 0) is 107 Å². The Morgan fingerprint density at radius 1 is 0.385 bits per heavy atom. The van der Waals surface area contributed by atoms with E-state index in [1.165, 1.54) is 81.1 Å². The summed E-state index contributed by atoms with van der Waals surface area (Å²) >= 11 is 0. The summed E-state index contributed by atoms with van der Waals surface area (Å²) in [7, 11) is 0. The van der Waals surface area contributed by atoms with E-state index < -0.39 is 226 Å². The normalized spacial score (nSPS) is 22.5. The number of hydrogen-bond acceptors (Lipinski definition) is 14. The van der Waals surface area contributed by atoms with Gasteiger partial charge in [-0.05, 0) is 209 Å². The summed E-state index contributed by atoms with van der Waals surface area (Å²) < 4.78 is 321. The molecule has 2 aliphatic heterocycles. The SMILES string of the molecule is CCC(=O)[C@@H]1CC[C@H](O[C@H](C)c2cc(C(F)(F)F)cc(C(F)(F)F)c2)[C@H]1c1ccc(F)cc1.C[C@@H](O[C@H]1CC[C@@H](C(=O)C[C@]2(C)C(=O)O[C@@H](c3ccccc3)N2C(=O)OCc2ccccc2)[C@@H]1c1ccc(F)cc1)c1cc(C(F)(F)F)cc(C(F)(F)F)c1.C[C@@H](O[C@H]1CC[C@@H](C(=O)O)[C@@H]1c1ccc(F)cc1)c1cc(C(F)(F)F)cc(C(F)(F)F)c1.C[C@H]1C(=O)O[C@@H](c2ccccc2)N1C(=O)OCc1ccccc1. The Morgan fingerprint density at radius 2 is 0.678 bits per heavy atom. The largest absolute Gasteiger partial charge is 0.481 e. The third-order valence-electron chi connectivity index (χ3n) is 25.6. The maximum absolute atomic E-state index is 14.4. The van der Waals surface area contributed by atoms with Crippen LogP contribution in [0.25, 0.3) is 0 Å². The zero-order chi connectivity index (χ0) is 104. The first-order chi connectivity index (χ1) is 67.2. The average molecular weight is 2020 g/mol. The van der Waals surface area contributed by atoms with Gasteiger partial charge in [-0.1, -0.05) is 165 Å². The molecule has 0 spiro atoms. The van der Waals surface area contributed by atoms with E-state index in [9.17, 15) is 131 Å². The van der Waals surface area contributed by atoms with Crippen molar-refractivity contribution in [3.8, 4) is 0 Å². The molecule has 1 N–H and O–H groups in total. The maximum Gasteiger partial charge on any atom is 0.416 e. The fourth-order valence-corrected chi connectivity index (χ4v) is 18.3. The molecule has 0 radical (unpaired) electrons. The van der Waals surface area contributed by atoms with E-state index in [1.54, 1.807) is 74.5 Å². The van der Waals surface area contributed by atoms with Crippen LogP contribution in [0, 0.1) is 35.2 Å². The number of aliphatic carboxylic acids is 1. The van der Waals surface area contributed by atoms with Crippen molar-refractivity contribution in [1.29, 1.82) is 0 Å². The molecule has 10 aromatic carbocycles. The van der Waals surface area contributed by atoms with Crippen LogP contribution in [-0.4, -0.2) is 86.5 Å². The number of esters is 2. The summed E-state index contributed by atoms with van der Waals surface area (Å²) in [6, 6.07) is 54.6. The lowest BCUT2D eigenvalue weighted by molar-refractivity contribution is -0.147. The summed E-state index contributed by atoms with van der Waals surface area (Å²) in [6.07, 6.45) is -38.2. The molecule has 2 heterocycles. The summed E-state index contributed by atoms with van der Waals surface area (Å²) in [6.45, 7) is 8.75. The second-order valence-electron chi connectivity index (χ2n) is 35.2. The van der Waals surface area contributed by atoms with Gasteiger partial charge in [-0.3, -0.25) is 24.2 Å². The van der Waals surface area contributed by atoms with Gasteiger partial charge in [0.1, 0.15) is 48.3 Å². The third kappa shape index (κ3) is 27.1. The molecule has 143 heavy (non-hydrogen) atoms. The van der Waals surface area contributed by atoms with Crippen LogP contribution in [0.4, 0.5) is 102 Å². The van der Waals surface area contributed by atoms with Crippen LogP contribution in [0.3, 0.4) is 0 Å². The number of alkyl halides is 18. The highest BCUT2D eigenvalue weighted by Crippen LogP contribution is 2.52. The number of nitrogens with zero attached hydrogens (tertiary/aromatic N) is 2. The van der Waals surface area contributed by atoms with Crippen molar-refractivity contribution in [2.75, 3.05) is 0 Å². The van der Waals surface area contributed by atoms with Crippen molar-refractivity contribution in [3.63, 3.8) is 0 Å². The molecular formula is C105H95F21N2O15. The summed E-state index contributed by atoms with van der Waals surface area (Å²) in [5.74, 6) is -8.82. The van der Waals surface area contributed by atoms with Crippen LogP contribution in [0.5, 0.6) is 0 Å². The molecular weight excluding hydrogens is 1930 g/mol. The number of Topliss-reactive ketones (excluding diaryl/α,β-unsaturated/α-hetero) is 2. The van der Waals surface area contributed by atoms with Gasteiger partial charge >= 0.3 is 67.2 Å². The number of benzene rings is 10. The molecule has 17 nitrogen and oxygen atoms in total. The first-order valence-corrected chi connectivity index (χ1v) is 45.1. The number of cyclic esters (lactones) is 2. The van der Waals surface area contributed by atoms with Crippen LogP contribution < -0.4 is 0 Å². The first-order valence-electron chi connectivity index (χ1n) is 45.1. The number of carbonyl (C=O) groups is 7. The zero-order valence-corrected chi connectivity index (χ0v) is 76.9. The lowest BCUT2D eigenvalue weighted by Crippen LogP contribution is -2.51. The number of carboxylic acids is 1. The standard InChI is InChI=1S/C41H36F7NO6.C24H23F7O2.C22H19F7O3.C18H17NO4/c1-24(28-19-29(40(43,44)45)21-30(20-28)41(46,47)48)54-34-18-17-32(35(34)26-13-15-31(42)16-14-26)33(50)22-39(2)37(51)55-36(27-11-7-4-8-12-27)49(39)38(52)53-23-25-9-5-3-6-10-25;1-3-20(32)19-8-9-21(22(19)14-4-6-18(25)7-5-14)33-13(2)15-10-16(23(26,27)28)12-17(11-15)24(29,30)31;1-11(13-8-14(21(24,25)26)10-15(9-13)22(27,28)29)32-18-7-6-17(20(30)31)19(18)12-2-4-16(23)5-3-12;1-13-17(20)23-16(15-10-6-3-7-11-15)19(13)18(21)22-12-14-8-4-2-5-9-14/h3-16,19-21,24,32,34-36H,17-18,22-23H2,1-2H3;4-7,10-13,19,21-22H,3,8-9H2,1-2H3;2-5,8-11,17-19H,6-7H2,1H3,(H,30,31);2-11,13,16H,12H2,1H3/t24-,32+,34+,35+,36+,39-;13-,19+,21+,22+;11-,17-,18+,19+;13-,16-/m1110/s1. The summed E-state index contributed by atoms with van der Waals surface area (Å²) in [4.78, 5) is 92.9. The van der Waals surface area contributed by atoms with Gasteiger partial charge in [-0.25, -0.2) is 32.3 Å². The Kier molecular flexibility index (Phi) is 34.4. The third-order valence-corrected chi connectivity index (χ3v) is 25.6. The smallest absolute Gasteiger partial charge is 0.416 e. The Labute approximate surface area is 806 Å². The summed E-state index contributed by atoms with van der Waals surface area (Å²) in [5.41, 5.74) is -7.31. The van der Waals surface area contributed by atoms with E-state index in [4.69, 9.17) is 33.2 Å². The molecule has 2 saturated heterocycles. The van der Waals surface area contributed by atoms with Gasteiger partial charge in [0, 0.05) is 53.6 Å². The van der Waals surface area contributed by atoms with Gasteiger partial charge in [-0.15, -0.1) is 0 Å². The second-order valence-corrected chi connectivity index (χ2v) is 35.2. The zero-order valence-electron chi connectivity index (χ0n) is 76.9. The number of carboxylic acid groups (broad SMARTS) is 1. The maximum atomic E-state index is 14.4. The highest BCUT2D eigenvalue weighted by molar-refractivity contribution is 5.95. The van der Waals surface area contributed by atoms with Gasteiger partial charge < -0.3 is 38.3 Å². The average Bonchev–Trinajstić information content (AvgIpc) is 1.59. The number of rotatable bonds is 24. The molecule has 0 aromatic heterocycles. The van der Waals surface area contributed by atoms with Gasteiger partial charge in [-0.2, -0.15) is 79.0 Å². The number of ether oxygens (including phenoxy) is 7. The molecule has 16 atom stereocenters. The molecule has 2 amide bonds. The predicted octanol–water partition coefficient (Wildman–Crippen LogP) is 27.5. The van der Waals surface area contributed by atoms with Gasteiger partial charge in [0.25, 0.3) is 0 Å². The van der Waals surface area contributed by atoms with E-state index in [-0.39, 0.29) is 86.0 Å². The van der Waals surface area contributed by atoms with E-state index in [0.717, 1.165) is 40.3 Å². The van der Waals surface area contributed by atoms with E-state index in [2.05, 4.69) is 0 Å². The van der Waals surface area contributed by atoms with Crippen molar-refractivity contribution in [1.82, 2.24) is 9.80 Å². The van der Waals surface area contributed by atoms with Crippen LogP contribution in [0.15, 0.2) is 249 Å². The molecule has 5 aliphatic rings. The Hall–Kier alpha value is -13.1. The first kappa shape index (κ1) is 109. The monoisotopic (exact) mass is 2020 g/mol. The van der Waals surface area contributed by atoms with Crippen molar-refractivity contribution in [3.05, 3.63) is 355 Å². The molecule has 0 bridgehead atoms. The topological polar surface area (TPSA) is 211 Å². The lowest BCUT2D eigenvalue weighted by Gasteiger charge is -2.34. The minimum Gasteiger partial charge on any atom is -0.481 e. The molecule has 762 valence electrons. The molecule has 0 unspecified atom stereocenters. The van der Waals surface area contributed by atoms with Crippen molar-refractivity contribution < 1.29 is 164 Å². The van der Waals surface area contributed by atoms with Gasteiger partial charge in [0.2, 0.25) is 12.5 Å². The van der Waals surface area contributed by atoms with Crippen LogP contribution in [0.1, 0.15) is 230 Å². The van der Waals surface area contributed by atoms with Crippen molar-refractivity contribution in [2.24, 2.45) is 17.8 Å². The predicted molar refractivity (Wildman–Crippen MR) is 473 cm³/mol. The van der Waals surface area contributed by atoms with Gasteiger partial charge in [0.15, 0.2) is 5.54 Å². The van der Waals surface area contributed by atoms with Crippen molar-refractivity contribution in [2.45, 2.75) is 222 Å². The number of ketones is 2. The quantitative estimate of drug-likeness (QED) is 0.0339.